The van der Waals surface area contributed by atoms with Gasteiger partial charge in [0.15, 0.2) is 5.78 Å². The van der Waals surface area contributed by atoms with E-state index in [0.717, 1.165) is 0 Å². The quantitative estimate of drug-likeness (QED) is 0.611. The zero-order valence-electron chi connectivity index (χ0n) is 9.60. The van der Waals surface area contributed by atoms with Crippen molar-refractivity contribution >= 4 is 35.1 Å². The smallest absolute Gasteiger partial charge is 0.315 e. The van der Waals surface area contributed by atoms with E-state index in [2.05, 4.69) is 4.74 Å². The highest BCUT2D eigenvalue weighted by molar-refractivity contribution is 8.01. The minimum Gasteiger partial charge on any atom is -0.468 e. The van der Waals surface area contributed by atoms with E-state index in [1.54, 1.807) is 31.2 Å². The second-order valence-corrected chi connectivity index (χ2v) is 5.17. The molecule has 0 aliphatic carbocycles. The van der Waals surface area contributed by atoms with Gasteiger partial charge in [0.25, 0.3) is 0 Å². The van der Waals surface area contributed by atoms with E-state index in [0.29, 0.717) is 10.6 Å². The Hall–Kier alpha value is -1.00. The van der Waals surface area contributed by atoms with Gasteiger partial charge in [-0.2, -0.15) is 0 Å². The fourth-order valence-corrected chi connectivity index (χ4v) is 2.19. The van der Waals surface area contributed by atoms with Crippen molar-refractivity contribution in [1.82, 2.24) is 0 Å². The zero-order valence-corrected chi connectivity index (χ0v) is 11.2. The van der Waals surface area contributed by atoms with Crippen LogP contribution in [0.2, 0.25) is 5.02 Å². The number of thioether (sulfide) groups is 1. The molecule has 0 radical (unpaired) electrons. The highest BCUT2D eigenvalue weighted by Gasteiger charge is 2.17. The molecule has 0 aliphatic rings. The van der Waals surface area contributed by atoms with Gasteiger partial charge in [-0.1, -0.05) is 23.7 Å². The lowest BCUT2D eigenvalue weighted by molar-refractivity contribution is -0.137. The van der Waals surface area contributed by atoms with Crippen LogP contribution in [0.1, 0.15) is 17.3 Å². The van der Waals surface area contributed by atoms with Crippen LogP contribution in [-0.2, 0) is 9.53 Å². The van der Waals surface area contributed by atoms with Crippen molar-refractivity contribution in [3.05, 3.63) is 34.9 Å². The summed E-state index contributed by atoms with van der Waals surface area (Å²) in [5.41, 5.74) is 0.558. The molecule has 0 saturated heterocycles. The molecule has 0 amide bonds. The van der Waals surface area contributed by atoms with Gasteiger partial charge in [0.05, 0.1) is 18.1 Å². The standard InChI is InChI=1S/C12H13ClO3S/c1-8(17-7-11(14)16-2)12(15)9-4-3-5-10(13)6-9/h3-6,8H,7H2,1-2H3. The molecule has 5 heteroatoms. The molecule has 1 aromatic rings. The molecular weight excluding hydrogens is 260 g/mol. The van der Waals surface area contributed by atoms with Crippen LogP contribution in [0.5, 0.6) is 0 Å². The van der Waals surface area contributed by atoms with Gasteiger partial charge in [-0.25, -0.2) is 0 Å². The van der Waals surface area contributed by atoms with E-state index in [1.807, 2.05) is 0 Å². The zero-order chi connectivity index (χ0) is 12.8. The minimum absolute atomic E-state index is 0.0404. The number of carbonyl (C=O) groups is 2. The number of hydrogen-bond acceptors (Lipinski definition) is 4. The summed E-state index contributed by atoms with van der Waals surface area (Å²) in [7, 11) is 1.33. The number of rotatable bonds is 5. The fourth-order valence-electron chi connectivity index (χ4n) is 1.20. The highest BCUT2D eigenvalue weighted by atomic mass is 35.5. The summed E-state index contributed by atoms with van der Waals surface area (Å²) in [6, 6.07) is 6.78. The lowest BCUT2D eigenvalue weighted by Gasteiger charge is -2.09. The second-order valence-electron chi connectivity index (χ2n) is 3.40. The van der Waals surface area contributed by atoms with Crippen molar-refractivity contribution in [3.8, 4) is 0 Å². The first-order valence-electron chi connectivity index (χ1n) is 5.02. The van der Waals surface area contributed by atoms with Gasteiger partial charge >= 0.3 is 5.97 Å². The molecule has 0 bridgehead atoms. The van der Waals surface area contributed by atoms with Gasteiger partial charge in [0.1, 0.15) is 0 Å². The predicted molar refractivity (Wildman–Crippen MR) is 69.7 cm³/mol. The van der Waals surface area contributed by atoms with Crippen LogP contribution in [0, 0.1) is 0 Å². The van der Waals surface area contributed by atoms with Gasteiger partial charge < -0.3 is 4.74 Å². The summed E-state index contributed by atoms with van der Waals surface area (Å²) in [5, 5.41) is 0.230. The van der Waals surface area contributed by atoms with Crippen LogP contribution < -0.4 is 0 Å². The SMILES string of the molecule is COC(=O)CSC(C)C(=O)c1cccc(Cl)c1. The molecule has 1 atom stereocenters. The number of carbonyl (C=O) groups excluding carboxylic acids is 2. The summed E-state index contributed by atoms with van der Waals surface area (Å²) in [4.78, 5) is 22.9. The highest BCUT2D eigenvalue weighted by Crippen LogP contribution is 2.18. The van der Waals surface area contributed by atoms with Gasteiger partial charge in [-0.15, -0.1) is 11.8 Å². The maximum absolute atomic E-state index is 12.0. The summed E-state index contributed by atoms with van der Waals surface area (Å²) in [6.07, 6.45) is 0. The summed E-state index contributed by atoms with van der Waals surface area (Å²) >= 11 is 7.06. The summed E-state index contributed by atoms with van der Waals surface area (Å²) < 4.78 is 4.51. The lowest BCUT2D eigenvalue weighted by Crippen LogP contribution is -2.16. The van der Waals surface area contributed by atoms with Crippen molar-refractivity contribution < 1.29 is 14.3 Å². The summed E-state index contributed by atoms with van der Waals surface area (Å²) in [6.45, 7) is 1.76. The Kier molecular flexibility index (Phi) is 5.51. The number of esters is 1. The molecule has 0 saturated carbocycles. The Morgan fingerprint density at radius 3 is 2.76 bits per heavy atom. The fraction of sp³-hybridized carbons (Fsp3) is 0.333. The molecule has 1 unspecified atom stereocenters. The monoisotopic (exact) mass is 272 g/mol. The molecule has 17 heavy (non-hydrogen) atoms. The molecule has 0 heterocycles. The van der Waals surface area contributed by atoms with Crippen molar-refractivity contribution in [2.75, 3.05) is 12.9 Å². The Morgan fingerprint density at radius 1 is 1.47 bits per heavy atom. The van der Waals surface area contributed by atoms with Crippen LogP contribution in [0.4, 0.5) is 0 Å². The molecule has 3 nitrogen and oxygen atoms in total. The number of hydrogen-bond donors (Lipinski definition) is 0. The van der Waals surface area contributed by atoms with Crippen LogP contribution in [-0.4, -0.2) is 29.9 Å². The lowest BCUT2D eigenvalue weighted by atomic mass is 10.1. The van der Waals surface area contributed by atoms with Gasteiger partial charge in [0, 0.05) is 10.6 Å². The van der Waals surface area contributed by atoms with E-state index >= 15 is 0 Å². The molecule has 0 fully saturated rings. The van der Waals surface area contributed by atoms with E-state index < -0.39 is 0 Å². The number of benzene rings is 1. The first kappa shape index (κ1) is 14.1. The molecule has 0 spiro atoms. The first-order chi connectivity index (χ1) is 8.04. The molecule has 1 rings (SSSR count). The Balaban J connectivity index is 2.61. The van der Waals surface area contributed by atoms with Gasteiger partial charge in [-0.3, -0.25) is 9.59 Å². The van der Waals surface area contributed by atoms with E-state index in [-0.39, 0.29) is 22.8 Å². The van der Waals surface area contributed by atoms with Crippen molar-refractivity contribution in [1.29, 1.82) is 0 Å². The summed E-state index contributed by atoms with van der Waals surface area (Å²) in [5.74, 6) is -0.202. The van der Waals surface area contributed by atoms with E-state index in [4.69, 9.17) is 11.6 Å². The van der Waals surface area contributed by atoms with E-state index in [1.165, 1.54) is 18.9 Å². The first-order valence-corrected chi connectivity index (χ1v) is 6.45. The number of halogens is 1. The largest absolute Gasteiger partial charge is 0.468 e. The Bertz CT molecular complexity index is 420. The van der Waals surface area contributed by atoms with Crippen LogP contribution in [0.3, 0.4) is 0 Å². The number of ether oxygens (including phenoxy) is 1. The second kappa shape index (κ2) is 6.67. The van der Waals surface area contributed by atoms with Gasteiger partial charge in [-0.05, 0) is 19.1 Å². The third-order valence-electron chi connectivity index (χ3n) is 2.16. The van der Waals surface area contributed by atoms with Crippen molar-refractivity contribution in [2.45, 2.75) is 12.2 Å². The topological polar surface area (TPSA) is 43.4 Å². The Labute approximate surface area is 109 Å². The molecule has 0 N–H and O–H groups in total. The third-order valence-corrected chi connectivity index (χ3v) is 3.51. The maximum Gasteiger partial charge on any atom is 0.315 e. The van der Waals surface area contributed by atoms with Crippen molar-refractivity contribution in [2.24, 2.45) is 0 Å². The van der Waals surface area contributed by atoms with Crippen LogP contribution >= 0.6 is 23.4 Å². The number of Topliss-reactive ketones (excluding diaryl/α,β-unsaturated/α-hetero) is 1. The molecule has 1 aromatic carbocycles. The number of ketones is 1. The average Bonchev–Trinajstić information content (AvgIpc) is 2.34. The number of methoxy groups -OCH3 is 1. The third kappa shape index (κ3) is 4.40. The van der Waals surface area contributed by atoms with E-state index in [9.17, 15) is 9.59 Å². The molecular formula is C12H13ClO3S. The molecule has 0 aliphatic heterocycles. The molecule has 0 aromatic heterocycles. The van der Waals surface area contributed by atoms with Crippen LogP contribution in [0.15, 0.2) is 24.3 Å². The molecule has 92 valence electrons. The normalized spacial score (nSPS) is 11.9. The minimum atomic E-state index is -0.333. The van der Waals surface area contributed by atoms with Gasteiger partial charge in [0.2, 0.25) is 0 Å². The maximum atomic E-state index is 12.0. The Morgan fingerprint density at radius 2 is 2.18 bits per heavy atom. The predicted octanol–water partition coefficient (Wildman–Crippen LogP) is 2.82. The van der Waals surface area contributed by atoms with Crippen LogP contribution in [0.25, 0.3) is 0 Å². The van der Waals surface area contributed by atoms with Crippen molar-refractivity contribution in [3.63, 3.8) is 0 Å². The average molecular weight is 273 g/mol.